The van der Waals surface area contributed by atoms with E-state index >= 15 is 0 Å². The smallest absolute Gasteiger partial charge is 0.224 e. The first-order valence-corrected chi connectivity index (χ1v) is 10.7. The molecule has 1 aliphatic rings. The summed E-state index contributed by atoms with van der Waals surface area (Å²) in [6.07, 6.45) is 0.262. The van der Waals surface area contributed by atoms with Crippen LogP contribution < -0.4 is 14.8 Å². The molecule has 6 nitrogen and oxygen atoms in total. The van der Waals surface area contributed by atoms with E-state index in [9.17, 15) is 4.79 Å². The number of aromatic nitrogens is 2. The number of carbonyl (C=O) groups is 1. The number of hydrogen-bond acceptors (Lipinski definition) is 4. The molecule has 0 radical (unpaired) electrons. The predicted octanol–water partition coefficient (Wildman–Crippen LogP) is 4.45. The van der Waals surface area contributed by atoms with Crippen molar-refractivity contribution in [3.63, 3.8) is 0 Å². The van der Waals surface area contributed by atoms with Gasteiger partial charge in [0.25, 0.3) is 0 Å². The minimum Gasteiger partial charge on any atom is -0.486 e. The standard InChI is InChI=1S/C24H26ClN3O3/c1-24(2,3)22-14-19(28(27-22)18-7-5-17(25)6-8-18)15-26-23(29)13-16-4-9-20-21(12-16)31-11-10-30-20/h4-9,12,14H,10-11,13,15H2,1-3H3,(H,26,29). The first kappa shape index (κ1) is 21.2. The largest absolute Gasteiger partial charge is 0.486 e. The maximum Gasteiger partial charge on any atom is 0.224 e. The minimum atomic E-state index is -0.109. The highest BCUT2D eigenvalue weighted by Gasteiger charge is 2.21. The van der Waals surface area contributed by atoms with Gasteiger partial charge in [-0.15, -0.1) is 0 Å². The van der Waals surface area contributed by atoms with E-state index in [2.05, 4.69) is 26.1 Å². The Morgan fingerprint density at radius 3 is 2.48 bits per heavy atom. The summed E-state index contributed by atoms with van der Waals surface area (Å²) in [5, 5.41) is 8.47. The second-order valence-electron chi connectivity index (χ2n) is 8.59. The molecule has 0 aliphatic carbocycles. The second kappa shape index (κ2) is 8.63. The number of amides is 1. The molecule has 1 aliphatic heterocycles. The van der Waals surface area contributed by atoms with Crippen LogP contribution in [0.4, 0.5) is 0 Å². The minimum absolute atomic E-state index is 0.0714. The number of benzene rings is 2. The molecule has 1 amide bonds. The Kier molecular flexibility index (Phi) is 5.92. The van der Waals surface area contributed by atoms with Crippen LogP contribution in [0.25, 0.3) is 5.69 Å². The van der Waals surface area contributed by atoms with E-state index in [-0.39, 0.29) is 17.7 Å². The van der Waals surface area contributed by atoms with Crippen molar-refractivity contribution in [2.45, 2.75) is 39.2 Å². The molecule has 0 unspecified atom stereocenters. The van der Waals surface area contributed by atoms with Crippen LogP contribution in [0, 0.1) is 0 Å². The van der Waals surface area contributed by atoms with Gasteiger partial charge in [0.05, 0.1) is 30.0 Å². The number of fused-ring (bicyclic) bond motifs is 1. The lowest BCUT2D eigenvalue weighted by Gasteiger charge is -2.18. The summed E-state index contributed by atoms with van der Waals surface area (Å²) in [6.45, 7) is 7.79. The third-order valence-electron chi connectivity index (χ3n) is 5.06. The number of halogens is 1. The summed E-state index contributed by atoms with van der Waals surface area (Å²) >= 11 is 6.04. The first-order valence-electron chi connectivity index (χ1n) is 10.3. The van der Waals surface area contributed by atoms with Gasteiger partial charge in [-0.3, -0.25) is 4.79 Å². The van der Waals surface area contributed by atoms with E-state index < -0.39 is 0 Å². The molecule has 0 fully saturated rings. The third-order valence-corrected chi connectivity index (χ3v) is 5.31. The fraction of sp³-hybridized carbons (Fsp3) is 0.333. The van der Waals surface area contributed by atoms with Crippen LogP contribution in [0.1, 0.15) is 37.7 Å². The van der Waals surface area contributed by atoms with Crippen LogP contribution in [-0.2, 0) is 23.2 Å². The fourth-order valence-corrected chi connectivity index (χ4v) is 3.48. The summed E-state index contributed by atoms with van der Waals surface area (Å²) in [7, 11) is 0. The van der Waals surface area contributed by atoms with Crippen molar-refractivity contribution in [2.24, 2.45) is 0 Å². The fourth-order valence-electron chi connectivity index (χ4n) is 3.35. The lowest BCUT2D eigenvalue weighted by molar-refractivity contribution is -0.120. The Labute approximate surface area is 187 Å². The average molecular weight is 440 g/mol. The molecule has 3 aromatic rings. The van der Waals surface area contributed by atoms with Gasteiger partial charge in [-0.25, -0.2) is 4.68 Å². The van der Waals surface area contributed by atoms with Crippen LogP contribution in [0.2, 0.25) is 5.02 Å². The van der Waals surface area contributed by atoms with Crippen molar-refractivity contribution in [1.29, 1.82) is 0 Å². The van der Waals surface area contributed by atoms with Crippen LogP contribution in [0.5, 0.6) is 11.5 Å². The molecule has 162 valence electrons. The third kappa shape index (κ3) is 5.02. The Hall–Kier alpha value is -2.99. The molecule has 0 bridgehead atoms. The Bertz CT molecular complexity index is 1080. The van der Waals surface area contributed by atoms with Crippen molar-refractivity contribution in [3.8, 4) is 17.2 Å². The van der Waals surface area contributed by atoms with Gasteiger partial charge in [0, 0.05) is 10.4 Å². The molecule has 31 heavy (non-hydrogen) atoms. The predicted molar refractivity (Wildman–Crippen MR) is 120 cm³/mol. The highest BCUT2D eigenvalue weighted by Crippen LogP contribution is 2.31. The van der Waals surface area contributed by atoms with E-state index in [1.165, 1.54) is 0 Å². The zero-order valence-corrected chi connectivity index (χ0v) is 18.7. The van der Waals surface area contributed by atoms with Gasteiger partial charge >= 0.3 is 0 Å². The van der Waals surface area contributed by atoms with Crippen molar-refractivity contribution in [2.75, 3.05) is 13.2 Å². The van der Waals surface area contributed by atoms with Crippen LogP contribution in [0.15, 0.2) is 48.5 Å². The van der Waals surface area contributed by atoms with Crippen LogP contribution in [0.3, 0.4) is 0 Å². The van der Waals surface area contributed by atoms with E-state index in [4.69, 9.17) is 26.2 Å². The lowest BCUT2D eigenvalue weighted by atomic mass is 9.92. The Morgan fingerprint density at radius 2 is 1.77 bits per heavy atom. The van der Waals surface area contributed by atoms with E-state index in [0.717, 1.165) is 28.4 Å². The normalized spacial score (nSPS) is 13.2. The molecule has 0 spiro atoms. The lowest BCUT2D eigenvalue weighted by Crippen LogP contribution is -2.26. The van der Waals surface area contributed by atoms with Crippen molar-refractivity contribution < 1.29 is 14.3 Å². The maximum atomic E-state index is 12.6. The summed E-state index contributed by atoms with van der Waals surface area (Å²) < 4.78 is 13.0. The molecule has 1 aromatic heterocycles. The number of nitrogens with zero attached hydrogens (tertiary/aromatic N) is 2. The van der Waals surface area contributed by atoms with E-state index in [1.54, 1.807) is 0 Å². The molecule has 4 rings (SSSR count). The molecule has 0 saturated carbocycles. The monoisotopic (exact) mass is 439 g/mol. The molecule has 7 heteroatoms. The zero-order chi connectivity index (χ0) is 22.0. The van der Waals surface area contributed by atoms with E-state index in [0.29, 0.717) is 30.5 Å². The molecule has 1 N–H and O–H groups in total. The number of carbonyl (C=O) groups excluding carboxylic acids is 1. The summed E-state index contributed by atoms with van der Waals surface area (Å²) in [5.41, 5.74) is 3.53. The van der Waals surface area contributed by atoms with Crippen LogP contribution in [-0.4, -0.2) is 28.9 Å². The zero-order valence-electron chi connectivity index (χ0n) is 17.9. The highest BCUT2D eigenvalue weighted by molar-refractivity contribution is 6.30. The molecule has 2 heterocycles. The van der Waals surface area contributed by atoms with Gasteiger partial charge in [-0.05, 0) is 48.0 Å². The summed E-state index contributed by atoms with van der Waals surface area (Å²) in [6, 6.07) is 15.2. The SMILES string of the molecule is CC(C)(C)c1cc(CNC(=O)Cc2ccc3c(c2)OCCO3)n(-c2ccc(Cl)cc2)n1. The van der Waals surface area contributed by atoms with Crippen molar-refractivity contribution in [3.05, 3.63) is 70.5 Å². The van der Waals surface area contributed by atoms with E-state index in [1.807, 2.05) is 53.2 Å². The van der Waals surface area contributed by atoms with Crippen molar-refractivity contribution >= 4 is 17.5 Å². The topological polar surface area (TPSA) is 65.4 Å². The quantitative estimate of drug-likeness (QED) is 0.637. The number of nitrogens with one attached hydrogen (secondary N) is 1. The van der Waals surface area contributed by atoms with Gasteiger partial charge < -0.3 is 14.8 Å². The Morgan fingerprint density at radius 1 is 1.06 bits per heavy atom. The van der Waals surface area contributed by atoms with Gasteiger partial charge in [0.2, 0.25) is 5.91 Å². The molecular formula is C24H26ClN3O3. The van der Waals surface area contributed by atoms with Gasteiger partial charge in [0.15, 0.2) is 11.5 Å². The first-order chi connectivity index (χ1) is 14.8. The molecular weight excluding hydrogens is 414 g/mol. The van der Waals surface area contributed by atoms with Gasteiger partial charge in [-0.1, -0.05) is 38.4 Å². The second-order valence-corrected chi connectivity index (χ2v) is 9.03. The average Bonchev–Trinajstić information content (AvgIpc) is 3.17. The van der Waals surface area contributed by atoms with Crippen molar-refractivity contribution in [1.82, 2.24) is 15.1 Å². The summed E-state index contributed by atoms with van der Waals surface area (Å²) in [5.74, 6) is 1.34. The molecule has 2 aromatic carbocycles. The van der Waals surface area contributed by atoms with Gasteiger partial charge in [-0.2, -0.15) is 5.10 Å². The molecule has 0 saturated heterocycles. The molecule has 0 atom stereocenters. The number of ether oxygens (including phenoxy) is 2. The summed E-state index contributed by atoms with van der Waals surface area (Å²) in [4.78, 5) is 12.6. The highest BCUT2D eigenvalue weighted by atomic mass is 35.5. The number of hydrogen-bond donors (Lipinski definition) is 1. The number of rotatable bonds is 5. The Balaban J connectivity index is 1.49. The van der Waals surface area contributed by atoms with Crippen LogP contribution >= 0.6 is 11.6 Å². The maximum absolute atomic E-state index is 12.6. The van der Waals surface area contributed by atoms with Gasteiger partial charge in [0.1, 0.15) is 13.2 Å².